The Bertz CT molecular complexity index is 449. The highest BCUT2D eigenvalue weighted by molar-refractivity contribution is 5.17. The van der Waals surface area contributed by atoms with Gasteiger partial charge in [0.05, 0.1) is 11.7 Å². The van der Waals surface area contributed by atoms with Gasteiger partial charge in [-0.1, -0.05) is 39.0 Å². The van der Waals surface area contributed by atoms with E-state index in [2.05, 4.69) is 33.9 Å². The SMILES string of the molecule is C=C[C@](C)(O)CC[C@@H]1C(=C)CC[C@@H]2C(C)(C)[C@@H](O)CC[C@@]12C. The third kappa shape index (κ3) is 2.92. The summed E-state index contributed by atoms with van der Waals surface area (Å²) in [6.45, 7) is 16.8. The van der Waals surface area contributed by atoms with Crippen LogP contribution in [0.4, 0.5) is 0 Å². The molecule has 0 aliphatic heterocycles. The highest BCUT2D eigenvalue weighted by Gasteiger charge is 2.55. The van der Waals surface area contributed by atoms with Crippen LogP contribution in [0.3, 0.4) is 0 Å². The van der Waals surface area contributed by atoms with Crippen LogP contribution in [0.2, 0.25) is 0 Å². The first-order chi connectivity index (χ1) is 10.0. The number of aliphatic hydroxyl groups is 2. The van der Waals surface area contributed by atoms with E-state index in [-0.39, 0.29) is 16.9 Å². The molecule has 2 fully saturated rings. The normalized spacial score (nSPS) is 40.6. The number of allylic oxidation sites excluding steroid dienone is 1. The van der Waals surface area contributed by atoms with E-state index >= 15 is 0 Å². The van der Waals surface area contributed by atoms with Gasteiger partial charge in [-0.2, -0.15) is 0 Å². The van der Waals surface area contributed by atoms with Crippen molar-refractivity contribution in [2.24, 2.45) is 22.7 Å². The first kappa shape index (κ1) is 17.7. The Hall–Kier alpha value is -0.600. The van der Waals surface area contributed by atoms with Gasteiger partial charge in [-0.05, 0) is 68.1 Å². The van der Waals surface area contributed by atoms with Crippen molar-refractivity contribution in [3.63, 3.8) is 0 Å². The van der Waals surface area contributed by atoms with Gasteiger partial charge >= 0.3 is 0 Å². The van der Waals surface area contributed by atoms with Crippen molar-refractivity contribution in [1.29, 1.82) is 0 Å². The van der Waals surface area contributed by atoms with Gasteiger partial charge < -0.3 is 10.2 Å². The van der Waals surface area contributed by atoms with Crippen molar-refractivity contribution in [3.05, 3.63) is 24.8 Å². The molecule has 2 nitrogen and oxygen atoms in total. The van der Waals surface area contributed by atoms with E-state index in [1.807, 2.05) is 6.92 Å². The molecule has 0 heterocycles. The molecule has 0 radical (unpaired) electrons. The van der Waals surface area contributed by atoms with Gasteiger partial charge in [-0.15, -0.1) is 6.58 Å². The summed E-state index contributed by atoms with van der Waals surface area (Å²) in [7, 11) is 0. The molecule has 0 aromatic rings. The average Bonchev–Trinajstić information content (AvgIpc) is 2.42. The van der Waals surface area contributed by atoms with Crippen molar-refractivity contribution >= 4 is 0 Å². The molecule has 0 spiro atoms. The minimum absolute atomic E-state index is 0.0348. The summed E-state index contributed by atoms with van der Waals surface area (Å²) in [5.41, 5.74) is 0.695. The number of aliphatic hydroxyl groups excluding tert-OH is 1. The molecule has 2 rings (SSSR count). The van der Waals surface area contributed by atoms with E-state index in [1.165, 1.54) is 5.57 Å². The number of hydrogen-bond acceptors (Lipinski definition) is 2. The minimum atomic E-state index is -0.798. The lowest BCUT2D eigenvalue weighted by Crippen LogP contribution is -2.54. The maximum atomic E-state index is 10.5. The maximum Gasteiger partial charge on any atom is 0.0797 e. The molecular formula is C20H34O2. The molecule has 22 heavy (non-hydrogen) atoms. The van der Waals surface area contributed by atoms with Crippen molar-refractivity contribution in [2.45, 2.75) is 77.9 Å². The Balaban J connectivity index is 2.25. The molecule has 126 valence electrons. The lowest BCUT2D eigenvalue weighted by molar-refractivity contribution is -0.126. The van der Waals surface area contributed by atoms with E-state index in [1.54, 1.807) is 6.08 Å². The Kier molecular flexibility index (Phi) is 4.68. The average molecular weight is 306 g/mol. The molecule has 2 aliphatic carbocycles. The minimum Gasteiger partial charge on any atom is -0.393 e. The molecule has 2 aliphatic rings. The van der Waals surface area contributed by atoms with Crippen molar-refractivity contribution in [1.82, 2.24) is 0 Å². The fourth-order valence-electron chi connectivity index (χ4n) is 5.24. The van der Waals surface area contributed by atoms with E-state index in [0.717, 1.165) is 38.5 Å². The number of hydrogen-bond donors (Lipinski definition) is 2. The molecule has 0 saturated heterocycles. The van der Waals surface area contributed by atoms with Crippen LogP contribution in [-0.4, -0.2) is 21.9 Å². The van der Waals surface area contributed by atoms with E-state index in [4.69, 9.17) is 0 Å². The molecule has 0 aromatic heterocycles. The lowest BCUT2D eigenvalue weighted by atomic mass is 9.46. The molecule has 0 aromatic carbocycles. The van der Waals surface area contributed by atoms with Crippen LogP contribution in [0, 0.1) is 22.7 Å². The topological polar surface area (TPSA) is 40.5 Å². The summed E-state index contributed by atoms with van der Waals surface area (Å²) < 4.78 is 0. The molecule has 0 unspecified atom stereocenters. The summed E-state index contributed by atoms with van der Waals surface area (Å²) in [6, 6.07) is 0. The van der Waals surface area contributed by atoms with Gasteiger partial charge in [-0.25, -0.2) is 0 Å². The van der Waals surface area contributed by atoms with E-state index in [9.17, 15) is 10.2 Å². The highest BCUT2D eigenvalue weighted by Crippen LogP contribution is 2.61. The Labute approximate surface area is 136 Å². The first-order valence-corrected chi connectivity index (χ1v) is 8.76. The summed E-state index contributed by atoms with van der Waals surface area (Å²) in [5, 5.41) is 20.7. The highest BCUT2D eigenvalue weighted by atomic mass is 16.3. The van der Waals surface area contributed by atoms with Crippen LogP contribution in [-0.2, 0) is 0 Å². The molecule has 0 amide bonds. The Morgan fingerprint density at radius 2 is 1.95 bits per heavy atom. The fourth-order valence-corrected chi connectivity index (χ4v) is 5.24. The monoisotopic (exact) mass is 306 g/mol. The van der Waals surface area contributed by atoms with Crippen LogP contribution >= 0.6 is 0 Å². The number of rotatable bonds is 4. The van der Waals surface area contributed by atoms with Gasteiger partial charge in [0.25, 0.3) is 0 Å². The van der Waals surface area contributed by atoms with Crippen LogP contribution in [0.1, 0.15) is 66.2 Å². The van der Waals surface area contributed by atoms with Crippen molar-refractivity contribution in [2.75, 3.05) is 0 Å². The van der Waals surface area contributed by atoms with Crippen LogP contribution in [0.5, 0.6) is 0 Å². The van der Waals surface area contributed by atoms with Crippen LogP contribution in [0.25, 0.3) is 0 Å². The second kappa shape index (κ2) is 5.79. The van der Waals surface area contributed by atoms with Gasteiger partial charge in [0.1, 0.15) is 0 Å². The number of fused-ring (bicyclic) bond motifs is 1. The fraction of sp³-hybridized carbons (Fsp3) is 0.800. The molecule has 0 bridgehead atoms. The zero-order valence-corrected chi connectivity index (χ0v) is 14.9. The van der Waals surface area contributed by atoms with E-state index < -0.39 is 5.60 Å². The standard InChI is InChI=1S/C20H34O2/c1-7-19(5,22)12-10-15-14(2)8-9-16-18(3,4)17(21)11-13-20(15,16)6/h7,15-17,21-22H,1-2,8-13H2,3-6H3/t15-,16-,17+,19+,20+/m1/s1. The molecule has 2 N–H and O–H groups in total. The molecule has 2 saturated carbocycles. The Morgan fingerprint density at radius 3 is 2.55 bits per heavy atom. The Morgan fingerprint density at radius 1 is 1.32 bits per heavy atom. The summed E-state index contributed by atoms with van der Waals surface area (Å²) in [6.07, 6.45) is 7.25. The zero-order valence-electron chi connectivity index (χ0n) is 14.9. The van der Waals surface area contributed by atoms with Gasteiger partial charge in [0.15, 0.2) is 0 Å². The predicted molar refractivity (Wildman–Crippen MR) is 92.5 cm³/mol. The summed E-state index contributed by atoms with van der Waals surface area (Å²) in [5.74, 6) is 0.956. The van der Waals surface area contributed by atoms with Crippen molar-refractivity contribution < 1.29 is 10.2 Å². The second-order valence-corrected chi connectivity index (χ2v) is 8.78. The van der Waals surface area contributed by atoms with Gasteiger partial charge in [0, 0.05) is 0 Å². The van der Waals surface area contributed by atoms with E-state index in [0.29, 0.717) is 11.8 Å². The second-order valence-electron chi connectivity index (χ2n) is 8.78. The lowest BCUT2D eigenvalue weighted by Gasteiger charge is -2.59. The quantitative estimate of drug-likeness (QED) is 0.752. The molecule has 2 heteroatoms. The largest absolute Gasteiger partial charge is 0.393 e. The summed E-state index contributed by atoms with van der Waals surface area (Å²) in [4.78, 5) is 0. The smallest absolute Gasteiger partial charge is 0.0797 e. The van der Waals surface area contributed by atoms with Crippen LogP contribution in [0.15, 0.2) is 24.8 Å². The first-order valence-electron chi connectivity index (χ1n) is 8.76. The summed E-state index contributed by atoms with van der Waals surface area (Å²) >= 11 is 0. The zero-order chi connectivity index (χ0) is 16.8. The van der Waals surface area contributed by atoms with Crippen molar-refractivity contribution in [3.8, 4) is 0 Å². The van der Waals surface area contributed by atoms with Gasteiger partial charge in [0.2, 0.25) is 0 Å². The third-order valence-corrected chi connectivity index (χ3v) is 6.93. The molecular weight excluding hydrogens is 272 g/mol. The third-order valence-electron chi connectivity index (χ3n) is 6.93. The van der Waals surface area contributed by atoms with Crippen LogP contribution < -0.4 is 0 Å². The predicted octanol–water partition coefficient (Wildman–Crippen LogP) is 4.47. The maximum absolute atomic E-state index is 10.5. The van der Waals surface area contributed by atoms with Gasteiger partial charge in [-0.3, -0.25) is 0 Å². The molecule has 5 atom stereocenters.